The van der Waals surface area contributed by atoms with Crippen LogP contribution in [0.15, 0.2) is 95.9 Å². The molecule has 3 rings (SSSR count). The Hall–Kier alpha value is -1.89. The third-order valence-corrected chi connectivity index (χ3v) is 13.7. The summed E-state index contributed by atoms with van der Waals surface area (Å²) in [6.45, 7) is 12.7. The summed E-state index contributed by atoms with van der Waals surface area (Å²) < 4.78 is 18.7. The Bertz CT molecular complexity index is 1020. The van der Waals surface area contributed by atoms with Crippen LogP contribution >= 0.6 is 11.8 Å². The highest BCUT2D eigenvalue weighted by atomic mass is 32.2. The van der Waals surface area contributed by atoms with Gasteiger partial charge in [0.1, 0.15) is 6.79 Å². The third-order valence-electron chi connectivity index (χ3n) is 7.62. The van der Waals surface area contributed by atoms with E-state index in [1.807, 2.05) is 11.8 Å². The first kappa shape index (κ1) is 31.6. The first-order chi connectivity index (χ1) is 18.8. The van der Waals surface area contributed by atoms with Crippen LogP contribution in [0.2, 0.25) is 5.04 Å². The van der Waals surface area contributed by atoms with Gasteiger partial charge in [-0.2, -0.15) is 0 Å². The largest absolute Gasteiger partial charge is 0.407 e. The van der Waals surface area contributed by atoms with Crippen molar-refractivity contribution in [2.24, 2.45) is 11.8 Å². The number of thioether (sulfide) groups is 1. The number of hydrogen-bond acceptors (Lipinski definition) is 4. The molecule has 5 heteroatoms. The van der Waals surface area contributed by atoms with E-state index in [0.717, 1.165) is 31.6 Å². The van der Waals surface area contributed by atoms with E-state index in [4.69, 9.17) is 13.9 Å². The predicted molar refractivity (Wildman–Crippen MR) is 170 cm³/mol. The summed E-state index contributed by atoms with van der Waals surface area (Å²) in [5.74, 6) is 1.95. The van der Waals surface area contributed by atoms with Crippen molar-refractivity contribution < 1.29 is 13.9 Å². The van der Waals surface area contributed by atoms with Crippen LogP contribution in [-0.2, 0) is 13.9 Å². The van der Waals surface area contributed by atoms with Crippen LogP contribution in [0.5, 0.6) is 0 Å². The molecule has 0 saturated carbocycles. The fourth-order valence-electron chi connectivity index (χ4n) is 5.64. The molecule has 0 fully saturated rings. The van der Waals surface area contributed by atoms with Crippen LogP contribution in [0.4, 0.5) is 0 Å². The van der Waals surface area contributed by atoms with Gasteiger partial charge in [0.05, 0.1) is 6.10 Å². The minimum absolute atomic E-state index is 0.00360. The summed E-state index contributed by atoms with van der Waals surface area (Å²) in [4.78, 5) is 1.33. The fraction of sp³-hybridized carbons (Fsp3) is 0.471. The summed E-state index contributed by atoms with van der Waals surface area (Å²) in [6.07, 6.45) is 3.33. The second-order valence-electron chi connectivity index (χ2n) is 11.6. The number of methoxy groups -OCH3 is 1. The van der Waals surface area contributed by atoms with Gasteiger partial charge in [0, 0.05) is 18.6 Å². The van der Waals surface area contributed by atoms with Gasteiger partial charge in [0.15, 0.2) is 0 Å². The molecule has 0 bridgehead atoms. The van der Waals surface area contributed by atoms with Gasteiger partial charge >= 0.3 is 0 Å². The molecule has 39 heavy (non-hydrogen) atoms. The van der Waals surface area contributed by atoms with E-state index in [2.05, 4.69) is 126 Å². The summed E-state index contributed by atoms with van der Waals surface area (Å²) in [5.41, 5.74) is 0. The van der Waals surface area contributed by atoms with E-state index >= 15 is 0 Å². The minimum atomic E-state index is -2.50. The van der Waals surface area contributed by atoms with Gasteiger partial charge in [-0.25, -0.2) is 0 Å². The summed E-state index contributed by atoms with van der Waals surface area (Å²) in [5, 5.41) is 2.67. The van der Waals surface area contributed by atoms with Gasteiger partial charge in [0.2, 0.25) is 0 Å². The minimum Gasteiger partial charge on any atom is -0.407 e. The fourth-order valence-corrected chi connectivity index (χ4v) is 11.3. The molecule has 3 aromatic carbocycles. The molecule has 0 aliphatic rings. The Morgan fingerprint density at radius 2 is 1.26 bits per heavy atom. The van der Waals surface area contributed by atoms with Gasteiger partial charge < -0.3 is 13.9 Å². The molecule has 0 spiro atoms. The average Bonchev–Trinajstić information content (AvgIpc) is 2.94. The van der Waals surface area contributed by atoms with Crippen molar-refractivity contribution in [3.63, 3.8) is 0 Å². The molecular formula is C34H48O3SSi. The van der Waals surface area contributed by atoms with Crippen molar-refractivity contribution in [3.8, 4) is 0 Å². The van der Waals surface area contributed by atoms with Gasteiger partial charge in [-0.1, -0.05) is 113 Å². The van der Waals surface area contributed by atoms with Crippen molar-refractivity contribution in [2.45, 2.75) is 69.9 Å². The van der Waals surface area contributed by atoms with Crippen LogP contribution in [0.25, 0.3) is 0 Å². The Morgan fingerprint density at radius 1 is 0.744 bits per heavy atom. The maximum atomic E-state index is 7.12. The number of benzene rings is 3. The molecule has 0 heterocycles. The average molecular weight is 565 g/mol. The summed E-state index contributed by atoms with van der Waals surface area (Å²) >= 11 is 1.92. The van der Waals surface area contributed by atoms with E-state index < -0.39 is 8.32 Å². The maximum Gasteiger partial charge on any atom is 0.261 e. The molecule has 212 valence electrons. The molecule has 0 aliphatic heterocycles. The Morgan fingerprint density at radius 3 is 1.77 bits per heavy atom. The highest BCUT2D eigenvalue weighted by Gasteiger charge is 2.50. The molecular weight excluding hydrogens is 517 g/mol. The molecule has 0 aromatic heterocycles. The molecule has 0 aliphatic carbocycles. The highest BCUT2D eigenvalue weighted by molar-refractivity contribution is 7.99. The summed E-state index contributed by atoms with van der Waals surface area (Å²) in [7, 11) is -0.791. The zero-order valence-electron chi connectivity index (χ0n) is 24.8. The lowest BCUT2D eigenvalue weighted by Crippen LogP contribution is -2.66. The SMILES string of the molecule is COCO[C@@H]([C@H](C)CCCO[Si](c1ccccc1)(c1ccccc1)C(C)(C)C)[C@@H](C)CCSc1ccccc1. The van der Waals surface area contributed by atoms with E-state index in [1.165, 1.54) is 15.3 Å². The Balaban J connectivity index is 1.65. The monoisotopic (exact) mass is 564 g/mol. The number of ether oxygens (including phenoxy) is 2. The quantitative estimate of drug-likeness (QED) is 0.0768. The first-order valence-corrected chi connectivity index (χ1v) is 17.2. The number of hydrogen-bond donors (Lipinski definition) is 0. The van der Waals surface area contributed by atoms with Crippen molar-refractivity contribution in [2.75, 3.05) is 26.3 Å². The van der Waals surface area contributed by atoms with Gasteiger partial charge in [-0.15, -0.1) is 11.8 Å². The third kappa shape index (κ3) is 8.79. The molecule has 0 unspecified atom stereocenters. The van der Waals surface area contributed by atoms with Crippen LogP contribution in [0.3, 0.4) is 0 Å². The van der Waals surface area contributed by atoms with Gasteiger partial charge in [-0.05, 0) is 64.4 Å². The molecule has 3 nitrogen and oxygen atoms in total. The molecule has 0 amide bonds. The van der Waals surface area contributed by atoms with Crippen molar-refractivity contribution in [1.29, 1.82) is 0 Å². The predicted octanol–water partition coefficient (Wildman–Crippen LogP) is 7.79. The van der Waals surface area contributed by atoms with E-state index in [9.17, 15) is 0 Å². The Labute approximate surface area is 242 Å². The van der Waals surface area contributed by atoms with Crippen molar-refractivity contribution in [3.05, 3.63) is 91.0 Å². The zero-order valence-corrected chi connectivity index (χ0v) is 26.6. The Kier molecular flexibility index (Phi) is 12.8. The van der Waals surface area contributed by atoms with E-state index in [1.54, 1.807) is 7.11 Å². The lowest BCUT2D eigenvalue weighted by atomic mass is 9.88. The lowest BCUT2D eigenvalue weighted by Gasteiger charge is -2.43. The summed E-state index contributed by atoms with van der Waals surface area (Å²) in [6, 6.07) is 32.5. The number of rotatable bonds is 16. The molecule has 3 atom stereocenters. The van der Waals surface area contributed by atoms with Crippen molar-refractivity contribution >= 4 is 30.5 Å². The van der Waals surface area contributed by atoms with Gasteiger partial charge in [-0.3, -0.25) is 0 Å². The normalized spacial score (nSPS) is 14.6. The standard InChI is InChI=1S/C34H48O3SSi/c1-28(33(36-27-35-6)29(2)24-26-38-30-18-10-7-11-19-30)17-16-25-37-39(34(3,4)5,31-20-12-8-13-21-31)32-22-14-9-15-23-32/h7-15,18-23,28-29,33H,16-17,24-27H2,1-6H3/t28-,29+,33+/m1/s1. The maximum absolute atomic E-state index is 7.12. The second-order valence-corrected chi connectivity index (χ2v) is 17.1. The molecule has 0 radical (unpaired) electrons. The van der Waals surface area contributed by atoms with Gasteiger partial charge in [0.25, 0.3) is 8.32 Å². The van der Waals surface area contributed by atoms with Crippen LogP contribution in [0, 0.1) is 11.8 Å². The second kappa shape index (κ2) is 15.8. The zero-order chi connectivity index (χ0) is 28.1. The van der Waals surface area contributed by atoms with E-state index in [0.29, 0.717) is 18.6 Å². The van der Waals surface area contributed by atoms with Crippen LogP contribution in [-0.4, -0.2) is 40.7 Å². The van der Waals surface area contributed by atoms with Crippen LogP contribution in [0.1, 0.15) is 53.9 Å². The lowest BCUT2D eigenvalue weighted by molar-refractivity contribution is -0.109. The molecule has 0 N–H and O–H groups in total. The van der Waals surface area contributed by atoms with Crippen molar-refractivity contribution in [1.82, 2.24) is 0 Å². The first-order valence-electron chi connectivity index (χ1n) is 14.3. The molecule has 0 saturated heterocycles. The smallest absolute Gasteiger partial charge is 0.261 e. The van der Waals surface area contributed by atoms with Crippen LogP contribution < -0.4 is 10.4 Å². The topological polar surface area (TPSA) is 27.7 Å². The molecule has 3 aromatic rings. The van der Waals surface area contributed by atoms with E-state index in [-0.39, 0.29) is 11.1 Å². The highest BCUT2D eigenvalue weighted by Crippen LogP contribution is 2.37.